The molecule has 4 nitrogen and oxygen atoms in total. The van der Waals surface area contributed by atoms with Crippen molar-refractivity contribution in [3.05, 3.63) is 0 Å². The van der Waals surface area contributed by atoms with Gasteiger partial charge in [0.05, 0.1) is 5.54 Å². The van der Waals surface area contributed by atoms with Crippen LogP contribution in [0.25, 0.3) is 0 Å². The van der Waals surface area contributed by atoms with Crippen molar-refractivity contribution in [3.8, 4) is 0 Å². The van der Waals surface area contributed by atoms with Crippen molar-refractivity contribution >= 4 is 5.91 Å². The Morgan fingerprint density at radius 2 is 2.00 bits per heavy atom. The highest BCUT2D eigenvalue weighted by Gasteiger charge is 2.31. The summed E-state index contributed by atoms with van der Waals surface area (Å²) >= 11 is 0. The van der Waals surface area contributed by atoms with Gasteiger partial charge in [0, 0.05) is 12.6 Å². The highest BCUT2D eigenvalue weighted by Crippen LogP contribution is 2.14. The molecule has 0 spiro atoms. The molecule has 4 heteroatoms. The number of likely N-dealkylation sites (tertiary alicyclic amines) is 1. The van der Waals surface area contributed by atoms with Gasteiger partial charge in [-0.1, -0.05) is 0 Å². The molecule has 1 unspecified atom stereocenters. The highest BCUT2D eigenvalue weighted by molar-refractivity contribution is 5.84. The quantitative estimate of drug-likeness (QED) is 0.703. The minimum Gasteiger partial charge on any atom is -0.368 e. The number of amides is 1. The summed E-state index contributed by atoms with van der Waals surface area (Å²) in [7, 11) is 0. The van der Waals surface area contributed by atoms with Crippen molar-refractivity contribution in [2.24, 2.45) is 5.73 Å². The van der Waals surface area contributed by atoms with E-state index in [0.29, 0.717) is 0 Å². The van der Waals surface area contributed by atoms with Gasteiger partial charge in [-0.05, 0) is 53.1 Å². The lowest BCUT2D eigenvalue weighted by molar-refractivity contribution is -0.124. The summed E-state index contributed by atoms with van der Waals surface area (Å²) in [5.41, 5.74) is 4.91. The predicted molar refractivity (Wildman–Crippen MR) is 66.2 cm³/mol. The molecule has 1 fully saturated rings. The Balaban J connectivity index is 2.46. The van der Waals surface area contributed by atoms with Gasteiger partial charge in [0.15, 0.2) is 0 Å². The van der Waals surface area contributed by atoms with Gasteiger partial charge in [-0.15, -0.1) is 0 Å². The molecule has 0 bridgehead atoms. The van der Waals surface area contributed by atoms with Gasteiger partial charge in [0.25, 0.3) is 0 Å². The molecule has 0 aromatic carbocycles. The van der Waals surface area contributed by atoms with E-state index in [1.54, 1.807) is 0 Å². The number of hydrogen-bond donors (Lipinski definition) is 2. The SMILES string of the molecule is CC(C)NC(C)(CCN1CCCC1)C(N)=O. The average Bonchev–Trinajstić information content (AvgIpc) is 2.65. The topological polar surface area (TPSA) is 58.4 Å². The molecule has 1 aliphatic rings. The van der Waals surface area contributed by atoms with E-state index < -0.39 is 5.54 Å². The van der Waals surface area contributed by atoms with Gasteiger partial charge in [-0.25, -0.2) is 0 Å². The summed E-state index contributed by atoms with van der Waals surface area (Å²) in [6.07, 6.45) is 3.36. The molecule has 1 amide bonds. The van der Waals surface area contributed by atoms with Crippen LogP contribution in [0.1, 0.15) is 40.0 Å². The summed E-state index contributed by atoms with van der Waals surface area (Å²) in [4.78, 5) is 13.9. The van der Waals surface area contributed by atoms with E-state index in [1.165, 1.54) is 12.8 Å². The monoisotopic (exact) mass is 227 g/mol. The van der Waals surface area contributed by atoms with E-state index in [-0.39, 0.29) is 11.9 Å². The lowest BCUT2D eigenvalue weighted by Crippen LogP contribution is -2.56. The third-order valence-corrected chi connectivity index (χ3v) is 3.28. The van der Waals surface area contributed by atoms with Gasteiger partial charge in [-0.2, -0.15) is 0 Å². The predicted octanol–water partition coefficient (Wildman–Crippen LogP) is 0.714. The van der Waals surface area contributed by atoms with Crippen LogP contribution in [0.5, 0.6) is 0 Å². The van der Waals surface area contributed by atoms with Crippen LogP contribution >= 0.6 is 0 Å². The van der Waals surface area contributed by atoms with Crippen LogP contribution in [-0.2, 0) is 4.79 Å². The summed E-state index contributed by atoms with van der Waals surface area (Å²) in [6, 6.07) is 0.274. The average molecular weight is 227 g/mol. The van der Waals surface area contributed by atoms with Gasteiger partial charge in [0.2, 0.25) is 5.91 Å². The maximum atomic E-state index is 11.5. The van der Waals surface area contributed by atoms with E-state index in [9.17, 15) is 4.79 Å². The smallest absolute Gasteiger partial charge is 0.237 e. The highest BCUT2D eigenvalue weighted by atomic mass is 16.1. The number of carbonyl (C=O) groups is 1. The molecular formula is C12H25N3O. The molecule has 1 atom stereocenters. The zero-order valence-corrected chi connectivity index (χ0v) is 10.8. The maximum absolute atomic E-state index is 11.5. The molecule has 0 radical (unpaired) electrons. The van der Waals surface area contributed by atoms with E-state index in [2.05, 4.69) is 10.2 Å². The standard InChI is InChI=1S/C12H25N3O/c1-10(2)14-12(3,11(13)16)6-9-15-7-4-5-8-15/h10,14H,4-9H2,1-3H3,(H2,13,16). The van der Waals surface area contributed by atoms with Crippen LogP contribution in [0.2, 0.25) is 0 Å². The first kappa shape index (κ1) is 13.5. The summed E-state index contributed by atoms with van der Waals surface area (Å²) in [5, 5.41) is 3.28. The van der Waals surface area contributed by atoms with E-state index in [0.717, 1.165) is 26.1 Å². The molecule has 0 aliphatic carbocycles. The van der Waals surface area contributed by atoms with Gasteiger partial charge in [-0.3, -0.25) is 4.79 Å². The Hall–Kier alpha value is -0.610. The fourth-order valence-corrected chi connectivity index (χ4v) is 2.29. The Kier molecular flexibility index (Phi) is 4.74. The normalized spacial score (nSPS) is 21.2. The largest absolute Gasteiger partial charge is 0.368 e. The minimum atomic E-state index is -0.573. The second-order valence-electron chi connectivity index (χ2n) is 5.29. The van der Waals surface area contributed by atoms with Gasteiger partial charge in [0.1, 0.15) is 0 Å². The number of rotatable bonds is 6. The van der Waals surface area contributed by atoms with Crippen LogP contribution < -0.4 is 11.1 Å². The third-order valence-electron chi connectivity index (χ3n) is 3.28. The van der Waals surface area contributed by atoms with Gasteiger partial charge < -0.3 is 16.0 Å². The number of nitrogens with zero attached hydrogens (tertiary/aromatic N) is 1. The zero-order valence-electron chi connectivity index (χ0n) is 10.8. The van der Waals surface area contributed by atoms with Crippen molar-refractivity contribution in [2.75, 3.05) is 19.6 Å². The summed E-state index contributed by atoms with van der Waals surface area (Å²) < 4.78 is 0. The number of primary amides is 1. The zero-order chi connectivity index (χ0) is 12.2. The molecule has 16 heavy (non-hydrogen) atoms. The Bertz CT molecular complexity index is 236. The molecule has 1 heterocycles. The van der Waals surface area contributed by atoms with Crippen LogP contribution in [0.3, 0.4) is 0 Å². The van der Waals surface area contributed by atoms with Crippen molar-refractivity contribution in [1.29, 1.82) is 0 Å². The number of carbonyl (C=O) groups excluding carboxylic acids is 1. The van der Waals surface area contributed by atoms with Crippen molar-refractivity contribution in [2.45, 2.75) is 51.6 Å². The van der Waals surface area contributed by atoms with Crippen molar-refractivity contribution < 1.29 is 4.79 Å². The maximum Gasteiger partial charge on any atom is 0.237 e. The number of nitrogens with two attached hydrogens (primary N) is 1. The molecule has 0 aromatic rings. The number of nitrogens with one attached hydrogen (secondary N) is 1. The first-order chi connectivity index (χ1) is 7.44. The fourth-order valence-electron chi connectivity index (χ4n) is 2.29. The van der Waals surface area contributed by atoms with Crippen LogP contribution in [-0.4, -0.2) is 42.0 Å². The van der Waals surface area contributed by atoms with Crippen molar-refractivity contribution in [3.63, 3.8) is 0 Å². The molecule has 0 saturated carbocycles. The van der Waals surface area contributed by atoms with Crippen LogP contribution in [0, 0.1) is 0 Å². The molecule has 1 aliphatic heterocycles. The van der Waals surface area contributed by atoms with Crippen molar-refractivity contribution in [1.82, 2.24) is 10.2 Å². The Morgan fingerprint density at radius 1 is 1.44 bits per heavy atom. The number of hydrogen-bond acceptors (Lipinski definition) is 3. The minimum absolute atomic E-state index is 0.250. The summed E-state index contributed by atoms with van der Waals surface area (Å²) in [5.74, 6) is -0.250. The van der Waals surface area contributed by atoms with E-state index >= 15 is 0 Å². The van der Waals surface area contributed by atoms with E-state index in [4.69, 9.17) is 5.73 Å². The van der Waals surface area contributed by atoms with Crippen LogP contribution in [0.15, 0.2) is 0 Å². The molecular weight excluding hydrogens is 202 g/mol. The Morgan fingerprint density at radius 3 is 2.44 bits per heavy atom. The fraction of sp³-hybridized carbons (Fsp3) is 0.917. The third kappa shape index (κ3) is 3.76. The molecule has 1 rings (SSSR count). The second-order valence-corrected chi connectivity index (χ2v) is 5.29. The van der Waals surface area contributed by atoms with Gasteiger partial charge >= 0.3 is 0 Å². The molecule has 94 valence electrons. The summed E-state index contributed by atoms with van der Waals surface area (Å²) in [6.45, 7) is 9.27. The molecule has 1 saturated heterocycles. The first-order valence-corrected chi connectivity index (χ1v) is 6.24. The molecule has 0 aromatic heterocycles. The molecule has 3 N–H and O–H groups in total. The lowest BCUT2D eigenvalue weighted by Gasteiger charge is -2.31. The van der Waals surface area contributed by atoms with Crippen LogP contribution in [0.4, 0.5) is 0 Å². The first-order valence-electron chi connectivity index (χ1n) is 6.24. The Labute approximate surface area is 98.6 Å². The van der Waals surface area contributed by atoms with E-state index in [1.807, 2.05) is 20.8 Å². The second kappa shape index (κ2) is 5.64. The lowest BCUT2D eigenvalue weighted by atomic mass is 9.95.